The van der Waals surface area contributed by atoms with E-state index in [9.17, 15) is 9.59 Å². The Hall–Kier alpha value is -2.48. The van der Waals surface area contributed by atoms with Gasteiger partial charge in [0.2, 0.25) is 6.41 Å². The quantitative estimate of drug-likeness (QED) is 0.642. The van der Waals surface area contributed by atoms with Gasteiger partial charge in [-0.3, -0.25) is 15.0 Å². The topological polar surface area (TPSA) is 101 Å². The molecule has 0 unspecified atom stereocenters. The number of aryl methyl sites for hydroxylation is 1. The average molecular weight is 350 g/mol. The number of halogens is 1. The van der Waals surface area contributed by atoms with Crippen molar-refractivity contribution in [1.29, 1.82) is 0 Å². The molecule has 108 valence electrons. The third-order valence-corrected chi connectivity index (χ3v) is 3.01. The zero-order valence-electron chi connectivity index (χ0n) is 11.1. The monoisotopic (exact) mass is 349 g/mol. The van der Waals surface area contributed by atoms with Crippen LogP contribution in [0.5, 0.6) is 0 Å². The third-order valence-electron chi connectivity index (χ3n) is 2.63. The van der Waals surface area contributed by atoms with Crippen molar-refractivity contribution in [2.45, 2.75) is 6.92 Å². The van der Waals surface area contributed by atoms with Crippen molar-refractivity contribution in [1.82, 2.24) is 15.4 Å². The zero-order chi connectivity index (χ0) is 15.4. The molecule has 2 amide bonds. The molecule has 3 N–H and O–H groups in total. The minimum Gasteiger partial charge on any atom is -0.382 e. The van der Waals surface area contributed by atoms with E-state index in [0.29, 0.717) is 16.7 Å². The molecular weight excluding hydrogens is 338 g/mol. The van der Waals surface area contributed by atoms with Crippen LogP contribution in [0, 0.1) is 6.92 Å². The molecule has 0 aliphatic heterocycles. The maximum absolute atomic E-state index is 12.1. The maximum atomic E-state index is 12.1. The van der Waals surface area contributed by atoms with Gasteiger partial charge < -0.3 is 5.73 Å². The van der Waals surface area contributed by atoms with Crippen LogP contribution in [0.15, 0.2) is 35.1 Å². The van der Waals surface area contributed by atoms with E-state index in [0.717, 1.165) is 10.6 Å². The van der Waals surface area contributed by atoms with Crippen molar-refractivity contribution in [2.75, 3.05) is 10.7 Å². The molecule has 0 radical (unpaired) electrons. The van der Waals surface area contributed by atoms with Crippen molar-refractivity contribution in [3.8, 4) is 0 Å². The molecule has 8 heteroatoms. The molecule has 0 fully saturated rings. The Balaban J connectivity index is 2.22. The van der Waals surface area contributed by atoms with E-state index in [2.05, 4.69) is 31.3 Å². The Bertz CT molecular complexity index is 675. The molecule has 0 aliphatic rings. The Morgan fingerprint density at radius 3 is 2.67 bits per heavy atom. The lowest BCUT2D eigenvalue weighted by Gasteiger charge is -2.18. The summed E-state index contributed by atoms with van der Waals surface area (Å²) in [5.74, 6) is -0.653. The highest BCUT2D eigenvalue weighted by Crippen LogP contribution is 2.14. The highest BCUT2D eigenvalue weighted by Gasteiger charge is 2.16. The van der Waals surface area contributed by atoms with E-state index in [1.165, 1.54) is 6.20 Å². The van der Waals surface area contributed by atoms with Gasteiger partial charge in [-0.2, -0.15) is 0 Å². The van der Waals surface area contributed by atoms with Gasteiger partial charge in [-0.15, -0.1) is 0 Å². The second-order valence-corrected chi connectivity index (χ2v) is 4.99. The van der Waals surface area contributed by atoms with Gasteiger partial charge >= 0.3 is 0 Å². The second kappa shape index (κ2) is 6.31. The summed E-state index contributed by atoms with van der Waals surface area (Å²) < 4.78 is 0.370. The van der Waals surface area contributed by atoms with Crippen molar-refractivity contribution in [3.05, 3.63) is 46.3 Å². The van der Waals surface area contributed by atoms with Crippen LogP contribution in [0.4, 0.5) is 11.5 Å². The lowest BCUT2D eigenvalue weighted by atomic mass is 10.2. The van der Waals surface area contributed by atoms with E-state index < -0.39 is 5.91 Å². The maximum Gasteiger partial charge on any atom is 0.292 e. The summed E-state index contributed by atoms with van der Waals surface area (Å²) in [6.45, 7) is 1.92. The Morgan fingerprint density at radius 2 is 2.05 bits per heavy atom. The van der Waals surface area contributed by atoms with Crippen LogP contribution in [0.3, 0.4) is 0 Å². The molecule has 7 nitrogen and oxygen atoms in total. The van der Waals surface area contributed by atoms with Gasteiger partial charge in [0.1, 0.15) is 4.60 Å². The highest BCUT2D eigenvalue weighted by atomic mass is 79.9. The highest BCUT2D eigenvalue weighted by molar-refractivity contribution is 9.10. The molecule has 1 heterocycles. The Morgan fingerprint density at radius 1 is 1.38 bits per heavy atom. The van der Waals surface area contributed by atoms with E-state index in [1.54, 1.807) is 12.1 Å². The van der Waals surface area contributed by atoms with Gasteiger partial charge in [0.05, 0.1) is 11.9 Å². The SMILES string of the molecule is Cc1ccc(N(C=O)NC(=O)c2nc(Br)cnc2N)cc1. The molecule has 0 saturated carbocycles. The first-order valence-corrected chi connectivity index (χ1v) is 6.70. The molecule has 0 bridgehead atoms. The number of carbonyl (C=O) groups excluding carboxylic acids is 2. The number of hydrazine groups is 1. The van der Waals surface area contributed by atoms with Crippen molar-refractivity contribution >= 4 is 39.8 Å². The van der Waals surface area contributed by atoms with Crippen LogP contribution in [0.25, 0.3) is 0 Å². The number of amides is 2. The summed E-state index contributed by atoms with van der Waals surface area (Å²) >= 11 is 3.11. The number of benzene rings is 1. The summed E-state index contributed by atoms with van der Waals surface area (Å²) in [4.78, 5) is 31.0. The van der Waals surface area contributed by atoms with E-state index in [1.807, 2.05) is 19.1 Å². The number of nitrogens with one attached hydrogen (secondary N) is 1. The lowest BCUT2D eigenvalue weighted by Crippen LogP contribution is -2.42. The lowest BCUT2D eigenvalue weighted by molar-refractivity contribution is -0.107. The zero-order valence-corrected chi connectivity index (χ0v) is 12.7. The molecule has 1 aromatic carbocycles. The van der Waals surface area contributed by atoms with Crippen LogP contribution in [-0.4, -0.2) is 22.3 Å². The molecule has 0 spiro atoms. The Kier molecular flexibility index (Phi) is 4.49. The summed E-state index contributed by atoms with van der Waals surface area (Å²) in [5, 5.41) is 1.05. The average Bonchev–Trinajstić information content (AvgIpc) is 2.48. The molecular formula is C13H12BrN5O2. The first-order valence-electron chi connectivity index (χ1n) is 5.91. The van der Waals surface area contributed by atoms with Crippen LogP contribution in [0.2, 0.25) is 0 Å². The summed E-state index contributed by atoms with van der Waals surface area (Å²) in [6, 6.07) is 7.07. The molecule has 1 aromatic heterocycles. The smallest absolute Gasteiger partial charge is 0.292 e. The first kappa shape index (κ1) is 14.9. The number of rotatable bonds is 4. The molecule has 0 atom stereocenters. The number of nitrogens with two attached hydrogens (primary N) is 1. The molecule has 0 saturated heterocycles. The normalized spacial score (nSPS) is 10.0. The van der Waals surface area contributed by atoms with Gasteiger partial charge in [0.15, 0.2) is 11.5 Å². The minimum atomic E-state index is -0.631. The summed E-state index contributed by atoms with van der Waals surface area (Å²) in [6.07, 6.45) is 1.87. The number of anilines is 2. The molecule has 21 heavy (non-hydrogen) atoms. The molecule has 0 aliphatic carbocycles. The van der Waals surface area contributed by atoms with E-state index >= 15 is 0 Å². The largest absolute Gasteiger partial charge is 0.382 e. The van der Waals surface area contributed by atoms with Crippen molar-refractivity contribution in [2.24, 2.45) is 0 Å². The van der Waals surface area contributed by atoms with Gasteiger partial charge in [-0.25, -0.2) is 15.0 Å². The number of aromatic nitrogens is 2. The van der Waals surface area contributed by atoms with Crippen LogP contribution >= 0.6 is 15.9 Å². The van der Waals surface area contributed by atoms with Crippen LogP contribution in [0.1, 0.15) is 16.1 Å². The minimum absolute atomic E-state index is 0.0227. The van der Waals surface area contributed by atoms with Gasteiger partial charge in [0, 0.05) is 0 Å². The van der Waals surface area contributed by atoms with E-state index in [4.69, 9.17) is 5.73 Å². The van der Waals surface area contributed by atoms with Crippen molar-refractivity contribution < 1.29 is 9.59 Å². The fraction of sp³-hybridized carbons (Fsp3) is 0.0769. The Labute approximate surface area is 129 Å². The van der Waals surface area contributed by atoms with E-state index in [-0.39, 0.29) is 11.5 Å². The third kappa shape index (κ3) is 3.54. The van der Waals surface area contributed by atoms with Gasteiger partial charge in [-0.1, -0.05) is 17.7 Å². The predicted molar refractivity (Wildman–Crippen MR) is 81.3 cm³/mol. The standard InChI is InChI=1S/C13H12BrN5O2/c1-8-2-4-9(5-3-8)19(7-20)18-13(21)11-12(15)16-6-10(14)17-11/h2-7H,1H3,(H2,15,16)(H,18,21). The summed E-state index contributed by atoms with van der Waals surface area (Å²) in [5.41, 5.74) is 9.51. The number of nitrogen functional groups attached to an aromatic ring is 1. The predicted octanol–water partition coefficient (Wildman–Crippen LogP) is 1.44. The second-order valence-electron chi connectivity index (χ2n) is 4.18. The van der Waals surface area contributed by atoms with Gasteiger partial charge in [-0.05, 0) is 35.0 Å². The fourth-order valence-electron chi connectivity index (χ4n) is 1.56. The van der Waals surface area contributed by atoms with Crippen molar-refractivity contribution in [3.63, 3.8) is 0 Å². The van der Waals surface area contributed by atoms with Crippen LogP contribution in [-0.2, 0) is 4.79 Å². The first-order chi connectivity index (χ1) is 10.0. The number of nitrogens with zero attached hydrogens (tertiary/aromatic N) is 3. The number of hydrogen-bond acceptors (Lipinski definition) is 5. The fourth-order valence-corrected chi connectivity index (χ4v) is 1.84. The van der Waals surface area contributed by atoms with Gasteiger partial charge in [0.25, 0.3) is 5.91 Å². The number of hydrogen-bond donors (Lipinski definition) is 2. The van der Waals surface area contributed by atoms with Crippen LogP contribution < -0.4 is 16.2 Å². The molecule has 2 rings (SSSR count). The number of carbonyl (C=O) groups is 2. The summed E-state index contributed by atoms with van der Waals surface area (Å²) in [7, 11) is 0. The molecule has 2 aromatic rings.